The molecule has 1 aromatic rings. The molecule has 3 unspecified atom stereocenters. The number of carboxylic acids is 1. The van der Waals surface area contributed by atoms with Crippen LogP contribution in [0.5, 0.6) is 0 Å². The van der Waals surface area contributed by atoms with Gasteiger partial charge in [0.05, 0.1) is 0 Å². The lowest BCUT2D eigenvalue weighted by molar-refractivity contribution is -0.141. The third-order valence-corrected chi connectivity index (χ3v) is 5.72. The fraction of sp³-hybridized carbons (Fsp3) is 0.600. The summed E-state index contributed by atoms with van der Waals surface area (Å²) in [6, 6.07) is 1.55. The van der Waals surface area contributed by atoms with Crippen LogP contribution in [0.4, 0.5) is 0 Å². The number of hydrogen-bond acceptors (Lipinski definition) is 5. The normalized spacial score (nSPS) is 27.7. The lowest BCUT2D eigenvalue weighted by Crippen LogP contribution is -2.46. The predicted molar refractivity (Wildman–Crippen MR) is 79.8 cm³/mol. The number of carboxylic acid groups (broad SMARTS) is 1. The first-order valence-electron chi connectivity index (χ1n) is 7.64. The van der Waals surface area contributed by atoms with Crippen LogP contribution in [-0.2, 0) is 14.6 Å². The van der Waals surface area contributed by atoms with Crippen LogP contribution in [0.2, 0.25) is 0 Å². The average Bonchev–Trinajstić information content (AvgIpc) is 3.11. The minimum Gasteiger partial charge on any atom is -0.480 e. The Labute approximate surface area is 134 Å². The third kappa shape index (κ3) is 2.87. The van der Waals surface area contributed by atoms with Gasteiger partial charge in [-0.15, -0.1) is 0 Å². The Hall–Kier alpha value is -1.83. The van der Waals surface area contributed by atoms with Crippen molar-refractivity contribution in [2.45, 2.75) is 49.3 Å². The summed E-state index contributed by atoms with van der Waals surface area (Å²) in [6.45, 7) is 0. The Morgan fingerprint density at radius 2 is 1.96 bits per heavy atom. The summed E-state index contributed by atoms with van der Waals surface area (Å²) < 4.78 is 28.1. The molecule has 2 aliphatic rings. The van der Waals surface area contributed by atoms with E-state index < -0.39 is 27.8 Å². The Bertz CT molecular complexity index is 737. The summed E-state index contributed by atoms with van der Waals surface area (Å²) in [5.74, 6) is -1.50. The van der Waals surface area contributed by atoms with Gasteiger partial charge in [-0.05, 0) is 37.3 Å². The van der Waals surface area contributed by atoms with Gasteiger partial charge in [0, 0.05) is 12.3 Å². The van der Waals surface area contributed by atoms with Crippen molar-refractivity contribution < 1.29 is 27.5 Å². The number of fused-ring (bicyclic) bond motifs is 1. The van der Waals surface area contributed by atoms with E-state index in [4.69, 9.17) is 4.42 Å². The summed E-state index contributed by atoms with van der Waals surface area (Å²) in [5, 5.41) is 9.16. The number of carbonyl (C=O) groups excluding carboxylic acids is 1. The summed E-state index contributed by atoms with van der Waals surface area (Å²) >= 11 is 0. The molecular formula is C15H19NO6S. The van der Waals surface area contributed by atoms with Crippen molar-refractivity contribution in [3.8, 4) is 0 Å². The number of furan rings is 1. The maximum atomic E-state index is 12.7. The van der Waals surface area contributed by atoms with Crippen LogP contribution in [-0.4, -0.2) is 48.6 Å². The van der Waals surface area contributed by atoms with E-state index in [1.54, 1.807) is 0 Å². The largest absolute Gasteiger partial charge is 0.480 e. The third-order valence-electron chi connectivity index (χ3n) is 4.77. The maximum absolute atomic E-state index is 12.7. The quantitative estimate of drug-likeness (QED) is 0.894. The lowest BCUT2D eigenvalue weighted by atomic mass is 9.84. The van der Waals surface area contributed by atoms with E-state index >= 15 is 0 Å². The van der Waals surface area contributed by atoms with Crippen molar-refractivity contribution in [1.29, 1.82) is 0 Å². The first-order chi connectivity index (χ1) is 10.8. The Balaban J connectivity index is 1.92. The zero-order valence-electron chi connectivity index (χ0n) is 12.8. The fourth-order valence-corrected chi connectivity index (χ4v) is 4.29. The molecule has 0 aromatic carbocycles. The Kier molecular flexibility index (Phi) is 3.95. The van der Waals surface area contributed by atoms with Crippen LogP contribution in [0.1, 0.15) is 42.7 Å². The molecule has 3 atom stereocenters. The van der Waals surface area contributed by atoms with Crippen LogP contribution >= 0.6 is 0 Å². The first kappa shape index (κ1) is 16.0. The molecule has 7 nitrogen and oxygen atoms in total. The van der Waals surface area contributed by atoms with Crippen molar-refractivity contribution in [2.75, 3.05) is 6.26 Å². The van der Waals surface area contributed by atoms with Crippen molar-refractivity contribution in [2.24, 2.45) is 5.92 Å². The maximum Gasteiger partial charge on any atom is 0.326 e. The molecule has 1 aliphatic heterocycles. The molecule has 1 N–H and O–H groups in total. The Morgan fingerprint density at radius 1 is 1.26 bits per heavy atom. The van der Waals surface area contributed by atoms with E-state index in [1.165, 1.54) is 17.0 Å². The molecule has 1 aromatic heterocycles. The van der Waals surface area contributed by atoms with Crippen LogP contribution in [0, 0.1) is 5.92 Å². The van der Waals surface area contributed by atoms with Gasteiger partial charge in [-0.3, -0.25) is 4.79 Å². The molecule has 1 aliphatic carbocycles. The number of likely N-dealkylation sites (tertiary alicyclic amines) is 1. The van der Waals surface area contributed by atoms with Gasteiger partial charge in [-0.25, -0.2) is 13.2 Å². The summed E-state index contributed by atoms with van der Waals surface area (Å²) in [7, 11) is -3.55. The van der Waals surface area contributed by atoms with Gasteiger partial charge >= 0.3 is 5.97 Å². The van der Waals surface area contributed by atoms with Crippen molar-refractivity contribution >= 4 is 21.7 Å². The van der Waals surface area contributed by atoms with Gasteiger partial charge in [0.2, 0.25) is 14.9 Å². The summed E-state index contributed by atoms with van der Waals surface area (Å²) in [5.41, 5.74) is 0. The SMILES string of the molecule is CS(=O)(=O)c1ccc(C(=O)N2C(C(=O)O)CC3CCCCC32)o1. The van der Waals surface area contributed by atoms with Gasteiger partial charge in [-0.1, -0.05) is 12.8 Å². The second-order valence-corrected chi connectivity index (χ2v) is 8.25. The number of amides is 1. The van der Waals surface area contributed by atoms with Gasteiger partial charge in [0.1, 0.15) is 6.04 Å². The number of nitrogens with zero attached hydrogens (tertiary/aromatic N) is 1. The highest BCUT2D eigenvalue weighted by atomic mass is 32.2. The van der Waals surface area contributed by atoms with Gasteiger partial charge in [0.15, 0.2) is 5.76 Å². The van der Waals surface area contributed by atoms with Crippen molar-refractivity contribution in [3.05, 3.63) is 17.9 Å². The van der Waals surface area contributed by atoms with E-state index in [2.05, 4.69) is 0 Å². The molecule has 0 radical (unpaired) electrons. The van der Waals surface area contributed by atoms with E-state index in [1.807, 2.05) is 0 Å². The van der Waals surface area contributed by atoms with Gasteiger partial charge in [0.25, 0.3) is 5.91 Å². The minimum atomic E-state index is -3.55. The van der Waals surface area contributed by atoms with E-state index in [0.29, 0.717) is 6.42 Å². The van der Waals surface area contributed by atoms with Crippen LogP contribution in [0.15, 0.2) is 21.6 Å². The molecule has 1 saturated heterocycles. The van der Waals surface area contributed by atoms with Gasteiger partial charge in [-0.2, -0.15) is 0 Å². The fourth-order valence-electron chi connectivity index (χ4n) is 3.73. The minimum absolute atomic E-state index is 0.107. The van der Waals surface area contributed by atoms with Gasteiger partial charge < -0.3 is 14.4 Å². The van der Waals surface area contributed by atoms with Crippen LogP contribution < -0.4 is 0 Å². The number of aliphatic carboxylic acids is 1. The van der Waals surface area contributed by atoms with E-state index in [0.717, 1.165) is 31.9 Å². The standard InChI is InChI=1S/C15H19NO6S/c1-23(20,21)13-7-6-12(22-13)14(17)16-10-5-3-2-4-9(10)8-11(16)15(18)19/h6-7,9-11H,2-5,8H2,1H3,(H,18,19). The smallest absolute Gasteiger partial charge is 0.326 e. The zero-order valence-corrected chi connectivity index (χ0v) is 13.6. The zero-order chi connectivity index (χ0) is 16.8. The number of sulfone groups is 1. The molecule has 126 valence electrons. The highest BCUT2D eigenvalue weighted by Crippen LogP contribution is 2.40. The summed E-state index contributed by atoms with van der Waals surface area (Å²) in [6.07, 6.45) is 5.15. The highest BCUT2D eigenvalue weighted by Gasteiger charge is 2.48. The molecule has 3 rings (SSSR count). The topological polar surface area (TPSA) is 105 Å². The number of carbonyl (C=O) groups is 2. The predicted octanol–water partition coefficient (Wildman–Crippen LogP) is 1.54. The molecule has 2 heterocycles. The van der Waals surface area contributed by atoms with Crippen molar-refractivity contribution in [3.63, 3.8) is 0 Å². The van der Waals surface area contributed by atoms with Crippen LogP contribution in [0.25, 0.3) is 0 Å². The highest BCUT2D eigenvalue weighted by molar-refractivity contribution is 7.90. The average molecular weight is 341 g/mol. The second-order valence-electron chi connectivity index (χ2n) is 6.30. The molecule has 1 saturated carbocycles. The molecule has 23 heavy (non-hydrogen) atoms. The molecule has 0 bridgehead atoms. The Morgan fingerprint density at radius 3 is 2.57 bits per heavy atom. The number of rotatable bonds is 3. The molecular weight excluding hydrogens is 322 g/mol. The lowest BCUT2D eigenvalue weighted by Gasteiger charge is -2.32. The molecule has 0 spiro atoms. The monoisotopic (exact) mass is 341 g/mol. The van der Waals surface area contributed by atoms with E-state index in [9.17, 15) is 23.1 Å². The number of hydrogen-bond donors (Lipinski definition) is 1. The van der Waals surface area contributed by atoms with E-state index in [-0.39, 0.29) is 22.8 Å². The molecule has 8 heteroatoms. The summed E-state index contributed by atoms with van der Waals surface area (Å²) in [4.78, 5) is 25.7. The molecule has 1 amide bonds. The molecule has 2 fully saturated rings. The second kappa shape index (κ2) is 5.67. The first-order valence-corrected chi connectivity index (χ1v) is 9.53. The van der Waals surface area contributed by atoms with Crippen LogP contribution in [0.3, 0.4) is 0 Å². The van der Waals surface area contributed by atoms with Crippen molar-refractivity contribution in [1.82, 2.24) is 4.90 Å².